The van der Waals surface area contributed by atoms with Crippen molar-refractivity contribution < 1.29 is 0 Å². The molecule has 5 heteroatoms. The van der Waals surface area contributed by atoms with Crippen LogP contribution in [0.3, 0.4) is 0 Å². The summed E-state index contributed by atoms with van der Waals surface area (Å²) < 4.78 is 3.17. The number of aryl methyl sites for hydroxylation is 2. The van der Waals surface area contributed by atoms with Crippen LogP contribution < -0.4 is 5.32 Å². The van der Waals surface area contributed by atoms with Crippen molar-refractivity contribution in [3.63, 3.8) is 0 Å². The molecule has 1 N–H and O–H groups in total. The number of nitrogens with one attached hydrogen (secondary N) is 1. The molecule has 0 aliphatic carbocycles. The molecule has 0 aliphatic rings. The number of nitrogens with zero attached hydrogens (tertiary/aromatic N) is 2. The first kappa shape index (κ1) is 13.8. The van der Waals surface area contributed by atoms with Crippen LogP contribution in [-0.2, 0) is 13.5 Å². The van der Waals surface area contributed by atoms with Crippen LogP contribution in [0.15, 0.2) is 22.0 Å². The minimum atomic E-state index is 0.346. The molecule has 0 bridgehead atoms. The summed E-state index contributed by atoms with van der Waals surface area (Å²) in [5, 5.41) is 10.1. The van der Waals surface area contributed by atoms with Crippen molar-refractivity contribution in [3.8, 4) is 0 Å². The maximum absolute atomic E-state index is 4.41. The topological polar surface area (TPSA) is 29.9 Å². The van der Waals surface area contributed by atoms with Crippen molar-refractivity contribution in [2.24, 2.45) is 7.05 Å². The molecule has 1 atom stereocenters. The van der Waals surface area contributed by atoms with Gasteiger partial charge in [0.2, 0.25) is 0 Å². The number of halogens is 1. The Morgan fingerprint density at radius 1 is 1.56 bits per heavy atom. The monoisotopic (exact) mass is 327 g/mol. The van der Waals surface area contributed by atoms with E-state index >= 15 is 0 Å². The lowest BCUT2D eigenvalue weighted by molar-refractivity contribution is 0.534. The molecule has 0 amide bonds. The molecule has 1 unspecified atom stereocenters. The van der Waals surface area contributed by atoms with E-state index in [9.17, 15) is 0 Å². The Hall–Kier alpha value is -0.650. The Kier molecular flexibility index (Phi) is 4.59. The van der Waals surface area contributed by atoms with Crippen LogP contribution in [0.1, 0.15) is 29.2 Å². The summed E-state index contributed by atoms with van der Waals surface area (Å²) >= 11 is 5.41. The van der Waals surface area contributed by atoms with Crippen LogP contribution in [0.2, 0.25) is 0 Å². The van der Waals surface area contributed by atoms with E-state index in [1.165, 1.54) is 15.0 Å². The van der Waals surface area contributed by atoms with Gasteiger partial charge in [0.1, 0.15) is 0 Å². The highest BCUT2D eigenvalue weighted by molar-refractivity contribution is 9.10. The quantitative estimate of drug-likeness (QED) is 0.911. The second-order valence-electron chi connectivity index (χ2n) is 4.35. The predicted molar refractivity (Wildman–Crippen MR) is 80.1 cm³/mol. The van der Waals surface area contributed by atoms with Gasteiger partial charge in [-0.3, -0.25) is 4.68 Å². The fraction of sp³-hybridized carbons (Fsp3) is 0.462. The van der Waals surface area contributed by atoms with Gasteiger partial charge in [-0.25, -0.2) is 0 Å². The van der Waals surface area contributed by atoms with Crippen LogP contribution in [0.5, 0.6) is 0 Å². The van der Waals surface area contributed by atoms with Crippen LogP contribution in [0.25, 0.3) is 0 Å². The zero-order valence-corrected chi connectivity index (χ0v) is 13.3. The number of likely N-dealkylation sites (N-methyl/N-ethyl adjacent to an activating group) is 1. The molecule has 3 nitrogen and oxygen atoms in total. The normalized spacial score (nSPS) is 12.9. The van der Waals surface area contributed by atoms with Crippen LogP contribution >= 0.6 is 27.3 Å². The highest BCUT2D eigenvalue weighted by Crippen LogP contribution is 2.31. The minimum absolute atomic E-state index is 0.346. The lowest BCUT2D eigenvalue weighted by atomic mass is 10.1. The summed E-state index contributed by atoms with van der Waals surface area (Å²) in [5.41, 5.74) is 2.34. The standard InChI is InChI=1S/C13H18BrN3S/c1-4-15-12(13-11(14)5-6-18-13)8-10-7-9(2)16-17(10)3/h5-7,12,15H,4,8H2,1-3H3. The van der Waals surface area contributed by atoms with Crippen LogP contribution in [0.4, 0.5) is 0 Å². The van der Waals surface area contributed by atoms with Gasteiger partial charge in [0.25, 0.3) is 0 Å². The van der Waals surface area contributed by atoms with E-state index in [4.69, 9.17) is 0 Å². The average molecular weight is 328 g/mol. The number of hydrogen-bond acceptors (Lipinski definition) is 3. The molecule has 0 aliphatic heterocycles. The van der Waals surface area contributed by atoms with Crippen molar-refractivity contribution >= 4 is 27.3 Å². The van der Waals surface area contributed by atoms with E-state index in [0.29, 0.717) is 6.04 Å². The smallest absolute Gasteiger partial charge is 0.0596 e. The Bertz CT molecular complexity index is 518. The van der Waals surface area contributed by atoms with Crippen LogP contribution in [-0.4, -0.2) is 16.3 Å². The molecule has 0 spiro atoms. The van der Waals surface area contributed by atoms with Gasteiger partial charge >= 0.3 is 0 Å². The van der Waals surface area contributed by atoms with E-state index < -0.39 is 0 Å². The largest absolute Gasteiger partial charge is 0.309 e. The van der Waals surface area contributed by atoms with Gasteiger partial charge < -0.3 is 5.32 Å². The number of aromatic nitrogens is 2. The van der Waals surface area contributed by atoms with E-state index in [2.05, 4.69) is 50.8 Å². The van der Waals surface area contributed by atoms with Gasteiger partial charge in [-0.05, 0) is 46.9 Å². The molecule has 0 saturated carbocycles. The Labute approximate surface area is 120 Å². The zero-order chi connectivity index (χ0) is 13.1. The van der Waals surface area contributed by atoms with Crippen molar-refractivity contribution in [2.75, 3.05) is 6.54 Å². The highest BCUT2D eigenvalue weighted by atomic mass is 79.9. The van der Waals surface area contributed by atoms with E-state index in [1.807, 2.05) is 18.7 Å². The molecule has 2 heterocycles. The molecule has 2 rings (SSSR count). The first-order valence-corrected chi connectivity index (χ1v) is 7.75. The first-order valence-electron chi connectivity index (χ1n) is 6.07. The van der Waals surface area contributed by atoms with Crippen molar-refractivity contribution in [3.05, 3.63) is 38.3 Å². The molecule has 2 aromatic rings. The lowest BCUT2D eigenvalue weighted by Crippen LogP contribution is -2.23. The van der Waals surface area contributed by atoms with Gasteiger partial charge in [-0.1, -0.05) is 6.92 Å². The van der Waals surface area contributed by atoms with Gasteiger partial charge in [-0.2, -0.15) is 5.10 Å². The third-order valence-electron chi connectivity index (χ3n) is 2.92. The molecule has 0 fully saturated rings. The number of rotatable bonds is 5. The summed E-state index contributed by atoms with van der Waals surface area (Å²) in [7, 11) is 2.01. The van der Waals surface area contributed by atoms with E-state index in [-0.39, 0.29) is 0 Å². The third kappa shape index (κ3) is 3.02. The molecule has 98 valence electrons. The SMILES string of the molecule is CCNC(Cc1cc(C)nn1C)c1sccc1Br. The molecule has 0 saturated heterocycles. The summed E-state index contributed by atoms with van der Waals surface area (Å²) in [6.45, 7) is 5.14. The Morgan fingerprint density at radius 3 is 2.83 bits per heavy atom. The molecule has 2 aromatic heterocycles. The van der Waals surface area contributed by atoms with E-state index in [0.717, 1.165) is 18.7 Å². The minimum Gasteiger partial charge on any atom is -0.309 e. The van der Waals surface area contributed by atoms with Crippen molar-refractivity contribution in [2.45, 2.75) is 26.3 Å². The summed E-state index contributed by atoms with van der Waals surface area (Å²) in [5.74, 6) is 0. The van der Waals surface area contributed by atoms with Gasteiger partial charge in [0.05, 0.1) is 5.69 Å². The van der Waals surface area contributed by atoms with Gasteiger partial charge in [0.15, 0.2) is 0 Å². The fourth-order valence-corrected chi connectivity index (χ4v) is 3.85. The first-order chi connectivity index (χ1) is 8.61. The van der Waals surface area contributed by atoms with Crippen molar-refractivity contribution in [1.82, 2.24) is 15.1 Å². The molecular weight excluding hydrogens is 310 g/mol. The maximum Gasteiger partial charge on any atom is 0.0596 e. The van der Waals surface area contributed by atoms with Crippen LogP contribution in [0, 0.1) is 6.92 Å². The Morgan fingerprint density at radius 2 is 2.33 bits per heavy atom. The maximum atomic E-state index is 4.41. The molecular formula is C13H18BrN3S. The number of hydrogen-bond donors (Lipinski definition) is 1. The van der Waals surface area contributed by atoms with Gasteiger partial charge in [-0.15, -0.1) is 11.3 Å². The summed E-state index contributed by atoms with van der Waals surface area (Å²) in [6, 6.07) is 4.61. The Balaban J connectivity index is 2.22. The second-order valence-corrected chi connectivity index (χ2v) is 6.15. The second kappa shape index (κ2) is 5.99. The summed E-state index contributed by atoms with van der Waals surface area (Å²) in [4.78, 5) is 1.36. The fourth-order valence-electron chi connectivity index (χ4n) is 2.12. The molecule has 0 radical (unpaired) electrons. The zero-order valence-electron chi connectivity index (χ0n) is 10.9. The highest BCUT2D eigenvalue weighted by Gasteiger charge is 2.17. The molecule has 18 heavy (non-hydrogen) atoms. The lowest BCUT2D eigenvalue weighted by Gasteiger charge is -2.17. The average Bonchev–Trinajstić information content (AvgIpc) is 2.85. The van der Waals surface area contributed by atoms with Crippen molar-refractivity contribution in [1.29, 1.82) is 0 Å². The number of thiophene rings is 1. The van der Waals surface area contributed by atoms with E-state index in [1.54, 1.807) is 11.3 Å². The van der Waals surface area contributed by atoms with Gasteiger partial charge in [0, 0.05) is 34.6 Å². The third-order valence-corrected chi connectivity index (χ3v) is 4.91. The molecule has 0 aromatic carbocycles. The predicted octanol–water partition coefficient (Wildman–Crippen LogP) is 3.45. The summed E-state index contributed by atoms with van der Waals surface area (Å²) in [6.07, 6.45) is 0.963.